The number of fused-ring (bicyclic) bond motifs is 1. The highest BCUT2D eigenvalue weighted by molar-refractivity contribution is 5.87. The van der Waals surface area contributed by atoms with Crippen LogP contribution in [-0.4, -0.2) is 5.97 Å². The molecule has 1 aliphatic rings. The lowest BCUT2D eigenvalue weighted by molar-refractivity contribution is -0.157. The molecule has 0 radical (unpaired) electrons. The first-order valence-electron chi connectivity index (χ1n) is 6.60. The molecule has 1 aliphatic carbocycles. The summed E-state index contributed by atoms with van der Waals surface area (Å²) in [7, 11) is 0. The summed E-state index contributed by atoms with van der Waals surface area (Å²) in [4.78, 5) is 12.0. The van der Waals surface area contributed by atoms with Crippen molar-refractivity contribution in [2.24, 2.45) is 0 Å². The fourth-order valence-corrected chi connectivity index (χ4v) is 2.68. The van der Waals surface area contributed by atoms with Gasteiger partial charge in [0.15, 0.2) is 5.60 Å². The third-order valence-electron chi connectivity index (χ3n) is 3.68. The molecule has 102 valence electrons. The van der Waals surface area contributed by atoms with Gasteiger partial charge in [0.1, 0.15) is 5.76 Å². The first-order chi connectivity index (χ1) is 9.61. The van der Waals surface area contributed by atoms with Crippen molar-refractivity contribution >= 4 is 5.97 Å². The molecule has 0 fully saturated rings. The van der Waals surface area contributed by atoms with Crippen LogP contribution in [0.4, 0.5) is 0 Å². The minimum Gasteiger partial charge on any atom is -0.465 e. The number of hydrogen-bond donors (Lipinski definition) is 0. The van der Waals surface area contributed by atoms with Crippen LogP contribution in [0.2, 0.25) is 0 Å². The second-order valence-corrected chi connectivity index (χ2v) is 5.26. The zero-order valence-electron chi connectivity index (χ0n) is 11.4. The van der Waals surface area contributed by atoms with E-state index in [-0.39, 0.29) is 5.97 Å². The number of carbonyl (C=O) groups excluding carboxylic acids is 1. The summed E-state index contributed by atoms with van der Waals surface area (Å²) in [6.07, 6.45) is 2.88. The number of carbonyl (C=O) groups is 1. The summed E-state index contributed by atoms with van der Waals surface area (Å²) < 4.78 is 11.3. The van der Waals surface area contributed by atoms with Crippen molar-refractivity contribution in [2.75, 3.05) is 0 Å². The van der Waals surface area contributed by atoms with E-state index < -0.39 is 5.60 Å². The molecule has 0 spiro atoms. The van der Waals surface area contributed by atoms with Crippen LogP contribution in [-0.2, 0) is 28.0 Å². The number of furan rings is 1. The quantitative estimate of drug-likeness (QED) is 0.632. The molecule has 3 heteroatoms. The lowest BCUT2D eigenvalue weighted by Gasteiger charge is -2.27. The topological polar surface area (TPSA) is 39.4 Å². The molecular weight excluding hydrogens is 252 g/mol. The smallest absolute Gasteiger partial charge is 0.334 e. The van der Waals surface area contributed by atoms with Crippen molar-refractivity contribution < 1.29 is 13.9 Å². The molecule has 0 saturated carbocycles. The summed E-state index contributed by atoms with van der Waals surface area (Å²) in [6.45, 7) is 5.31. The van der Waals surface area contributed by atoms with E-state index in [0.717, 1.165) is 0 Å². The van der Waals surface area contributed by atoms with Gasteiger partial charge in [-0.3, -0.25) is 0 Å². The van der Waals surface area contributed by atoms with Crippen molar-refractivity contribution in [3.63, 3.8) is 0 Å². The first-order valence-corrected chi connectivity index (χ1v) is 6.60. The van der Waals surface area contributed by atoms with Crippen LogP contribution in [0.15, 0.2) is 59.2 Å². The van der Waals surface area contributed by atoms with E-state index in [1.54, 1.807) is 13.2 Å². The average Bonchev–Trinajstić information content (AvgIpc) is 3.06. The summed E-state index contributed by atoms with van der Waals surface area (Å²) in [5.41, 5.74) is 2.03. The van der Waals surface area contributed by atoms with E-state index in [2.05, 4.69) is 18.7 Å². The zero-order valence-corrected chi connectivity index (χ0v) is 11.4. The van der Waals surface area contributed by atoms with Gasteiger partial charge in [-0.25, -0.2) is 4.79 Å². The van der Waals surface area contributed by atoms with Crippen molar-refractivity contribution in [3.8, 4) is 0 Å². The second-order valence-electron chi connectivity index (χ2n) is 5.26. The Labute approximate surface area is 117 Å². The van der Waals surface area contributed by atoms with Gasteiger partial charge >= 0.3 is 5.97 Å². The minimum atomic E-state index is -0.747. The highest BCUT2D eigenvalue weighted by Gasteiger charge is 2.44. The molecule has 0 unspecified atom stereocenters. The van der Waals surface area contributed by atoms with Crippen molar-refractivity contribution in [2.45, 2.75) is 25.4 Å². The molecule has 0 amide bonds. The van der Waals surface area contributed by atoms with Crippen LogP contribution in [0, 0.1) is 0 Å². The fraction of sp³-hybridized carbons (Fsp3) is 0.235. The Morgan fingerprint density at radius 1 is 1.20 bits per heavy atom. The van der Waals surface area contributed by atoms with Crippen molar-refractivity contribution in [1.29, 1.82) is 0 Å². The highest BCUT2D eigenvalue weighted by atomic mass is 16.6. The van der Waals surface area contributed by atoms with Crippen LogP contribution >= 0.6 is 0 Å². The number of benzene rings is 1. The van der Waals surface area contributed by atoms with Gasteiger partial charge in [0.25, 0.3) is 0 Å². The molecule has 1 heterocycles. The molecule has 0 bridgehead atoms. The normalized spacial score (nSPS) is 15.7. The summed E-state index contributed by atoms with van der Waals surface area (Å²) in [5, 5.41) is 0. The van der Waals surface area contributed by atoms with E-state index in [0.29, 0.717) is 24.2 Å². The lowest BCUT2D eigenvalue weighted by atomic mass is 9.96. The van der Waals surface area contributed by atoms with E-state index in [1.807, 2.05) is 24.3 Å². The molecule has 0 saturated heterocycles. The Balaban J connectivity index is 2.00. The first kappa shape index (κ1) is 12.7. The summed E-state index contributed by atoms with van der Waals surface area (Å²) in [5.74, 6) is 0.303. The van der Waals surface area contributed by atoms with Gasteiger partial charge in [-0.1, -0.05) is 30.8 Å². The summed E-state index contributed by atoms with van der Waals surface area (Å²) >= 11 is 0. The maximum Gasteiger partial charge on any atom is 0.334 e. The number of esters is 1. The van der Waals surface area contributed by atoms with Gasteiger partial charge in [-0.2, -0.15) is 0 Å². The third-order valence-corrected chi connectivity index (χ3v) is 3.68. The molecule has 3 rings (SSSR count). The zero-order chi connectivity index (χ0) is 14.2. The predicted molar refractivity (Wildman–Crippen MR) is 75.1 cm³/mol. The molecule has 2 aromatic rings. The van der Waals surface area contributed by atoms with Gasteiger partial charge in [-0.05, 0) is 30.2 Å². The monoisotopic (exact) mass is 268 g/mol. The Bertz CT molecular complexity index is 628. The maximum atomic E-state index is 12.0. The molecule has 1 aromatic heterocycles. The van der Waals surface area contributed by atoms with Crippen LogP contribution < -0.4 is 0 Å². The van der Waals surface area contributed by atoms with E-state index >= 15 is 0 Å². The van der Waals surface area contributed by atoms with Gasteiger partial charge in [0.05, 0.1) is 6.26 Å². The van der Waals surface area contributed by atoms with Crippen LogP contribution in [0.25, 0.3) is 0 Å². The number of hydrogen-bond acceptors (Lipinski definition) is 3. The Kier molecular flexibility index (Phi) is 2.97. The van der Waals surface area contributed by atoms with E-state index in [4.69, 9.17) is 9.15 Å². The summed E-state index contributed by atoms with van der Waals surface area (Å²) in [6, 6.07) is 11.8. The molecule has 0 atom stereocenters. The Morgan fingerprint density at radius 2 is 1.85 bits per heavy atom. The van der Waals surface area contributed by atoms with E-state index in [1.165, 1.54) is 11.1 Å². The van der Waals surface area contributed by atoms with Crippen LogP contribution in [0.1, 0.15) is 23.8 Å². The largest absolute Gasteiger partial charge is 0.465 e. The third kappa shape index (κ3) is 2.05. The molecule has 0 N–H and O–H groups in total. The van der Waals surface area contributed by atoms with Gasteiger partial charge in [0.2, 0.25) is 0 Å². The lowest BCUT2D eigenvalue weighted by Crippen LogP contribution is -2.33. The van der Waals surface area contributed by atoms with Crippen LogP contribution in [0.3, 0.4) is 0 Å². The average molecular weight is 268 g/mol. The SMILES string of the molecule is C=C(C)C(=O)OC1(c2ccco2)Cc2ccccc2C1. The highest BCUT2D eigenvalue weighted by Crippen LogP contribution is 2.41. The molecule has 0 aliphatic heterocycles. The van der Waals surface area contributed by atoms with Gasteiger partial charge in [-0.15, -0.1) is 0 Å². The number of rotatable bonds is 3. The molecule has 3 nitrogen and oxygen atoms in total. The van der Waals surface area contributed by atoms with Crippen molar-refractivity contribution in [1.82, 2.24) is 0 Å². The molecule has 1 aromatic carbocycles. The molecule has 20 heavy (non-hydrogen) atoms. The molecular formula is C17H16O3. The second kappa shape index (κ2) is 4.67. The van der Waals surface area contributed by atoms with Gasteiger partial charge in [0, 0.05) is 18.4 Å². The fourth-order valence-electron chi connectivity index (χ4n) is 2.68. The number of ether oxygens (including phenoxy) is 1. The Morgan fingerprint density at radius 3 is 2.35 bits per heavy atom. The minimum absolute atomic E-state index is 0.380. The van der Waals surface area contributed by atoms with Crippen molar-refractivity contribution in [3.05, 3.63) is 71.7 Å². The maximum absolute atomic E-state index is 12.0. The van der Waals surface area contributed by atoms with Crippen LogP contribution in [0.5, 0.6) is 0 Å². The predicted octanol–water partition coefficient (Wildman–Crippen LogP) is 3.39. The standard InChI is InChI=1S/C17H16O3/c1-12(2)16(18)20-17(15-8-5-9-19-15)10-13-6-3-4-7-14(13)11-17/h3-9H,1,10-11H2,2H3. The van der Waals surface area contributed by atoms with E-state index in [9.17, 15) is 4.79 Å². The Hall–Kier alpha value is -2.29. The van der Waals surface area contributed by atoms with Gasteiger partial charge < -0.3 is 9.15 Å².